The number of benzene rings is 3. The number of aromatic nitrogens is 1. The lowest BCUT2D eigenvalue weighted by molar-refractivity contribution is -0.274. The zero-order valence-corrected chi connectivity index (χ0v) is 22.5. The molecule has 0 bridgehead atoms. The predicted molar refractivity (Wildman–Crippen MR) is 142 cm³/mol. The van der Waals surface area contributed by atoms with Crippen LogP contribution >= 0.6 is 0 Å². The Labute approximate surface area is 238 Å². The highest BCUT2D eigenvalue weighted by atomic mass is 19.4. The highest BCUT2D eigenvalue weighted by molar-refractivity contribution is 5.89. The average molecular weight is 589 g/mol. The summed E-state index contributed by atoms with van der Waals surface area (Å²) in [7, 11) is 0.765. The van der Waals surface area contributed by atoms with Gasteiger partial charge in [0.2, 0.25) is 0 Å². The molecule has 0 spiro atoms. The van der Waals surface area contributed by atoms with E-state index in [1.165, 1.54) is 42.6 Å². The number of hydrogen-bond donors (Lipinski definition) is 1. The summed E-state index contributed by atoms with van der Waals surface area (Å²) in [4.78, 5) is 18.5. The lowest BCUT2D eigenvalue weighted by Crippen LogP contribution is -2.61. The maximum atomic E-state index is 14.9. The molecule has 1 aromatic heterocycles. The van der Waals surface area contributed by atoms with Gasteiger partial charge in [-0.1, -0.05) is 78.9 Å². The van der Waals surface area contributed by atoms with Crippen molar-refractivity contribution in [1.82, 2.24) is 10.3 Å². The molecule has 3 aromatic carbocycles. The summed E-state index contributed by atoms with van der Waals surface area (Å²) in [6, 6.07) is 22.7. The van der Waals surface area contributed by atoms with Crippen LogP contribution in [-0.4, -0.2) is 30.5 Å². The van der Waals surface area contributed by atoms with Crippen molar-refractivity contribution >= 4 is 5.91 Å². The standard InChI is InChI=1S/C31H26F6N2O3/c1-21-16-17-26(38-20-21)28(19-22-10-5-3-6-11-22,24-14-9-15-25(18-24)42-31(35,36)37)39-27(40)29(41-2,30(32,33)34)23-12-7-4-8-13-23/h3-18,20H,19H2,1-2H3,(H,39,40)/t28-,29-/m0/s1. The molecule has 0 aliphatic rings. The Kier molecular flexibility index (Phi) is 8.63. The van der Waals surface area contributed by atoms with E-state index >= 15 is 0 Å². The number of nitrogens with one attached hydrogen (secondary N) is 1. The van der Waals surface area contributed by atoms with Crippen LogP contribution in [0.3, 0.4) is 0 Å². The number of amides is 1. The van der Waals surface area contributed by atoms with Gasteiger partial charge in [0.1, 0.15) is 11.3 Å². The fraction of sp³-hybridized carbons (Fsp3) is 0.226. The Balaban J connectivity index is 2.00. The number of carbonyl (C=O) groups is 1. The molecule has 1 N–H and O–H groups in total. The normalized spacial score (nSPS) is 14.9. The highest BCUT2D eigenvalue weighted by Gasteiger charge is 2.63. The molecule has 220 valence electrons. The van der Waals surface area contributed by atoms with E-state index in [2.05, 4.69) is 15.0 Å². The number of aryl methyl sites for hydroxylation is 1. The van der Waals surface area contributed by atoms with Crippen LogP contribution in [0.4, 0.5) is 26.3 Å². The van der Waals surface area contributed by atoms with Crippen molar-refractivity contribution in [2.75, 3.05) is 7.11 Å². The van der Waals surface area contributed by atoms with Crippen LogP contribution in [0.25, 0.3) is 0 Å². The number of methoxy groups -OCH3 is 1. The Morgan fingerprint density at radius 1 is 0.810 bits per heavy atom. The lowest BCUT2D eigenvalue weighted by Gasteiger charge is -2.40. The maximum Gasteiger partial charge on any atom is 0.573 e. The summed E-state index contributed by atoms with van der Waals surface area (Å²) in [5.74, 6) is -2.22. The molecular formula is C31H26F6N2O3. The summed E-state index contributed by atoms with van der Waals surface area (Å²) < 4.78 is 93.3. The SMILES string of the molecule is CO[C@](C(=O)N[C@@](Cc1ccccc1)(c1cccc(OC(F)(F)F)c1)c1ccc(C)cn1)(c1ccccc1)C(F)(F)F. The van der Waals surface area contributed by atoms with Gasteiger partial charge >= 0.3 is 12.5 Å². The van der Waals surface area contributed by atoms with Gasteiger partial charge in [0.05, 0.1) is 5.69 Å². The van der Waals surface area contributed by atoms with Crippen LogP contribution in [0, 0.1) is 6.92 Å². The fourth-order valence-corrected chi connectivity index (χ4v) is 4.81. The van der Waals surface area contributed by atoms with Gasteiger partial charge in [-0.3, -0.25) is 9.78 Å². The van der Waals surface area contributed by atoms with E-state index in [-0.39, 0.29) is 17.7 Å². The lowest BCUT2D eigenvalue weighted by atomic mass is 9.79. The van der Waals surface area contributed by atoms with Gasteiger partial charge in [0.15, 0.2) is 0 Å². The van der Waals surface area contributed by atoms with Crippen LogP contribution in [0.5, 0.6) is 5.75 Å². The van der Waals surface area contributed by atoms with E-state index in [0.717, 1.165) is 31.4 Å². The Hall–Kier alpha value is -4.38. The third-order valence-corrected chi connectivity index (χ3v) is 6.75. The van der Waals surface area contributed by atoms with E-state index in [4.69, 9.17) is 4.74 Å². The van der Waals surface area contributed by atoms with Gasteiger partial charge in [-0.15, -0.1) is 13.2 Å². The van der Waals surface area contributed by atoms with Gasteiger partial charge < -0.3 is 14.8 Å². The Morgan fingerprint density at radius 3 is 1.98 bits per heavy atom. The molecule has 0 unspecified atom stereocenters. The topological polar surface area (TPSA) is 60.5 Å². The molecule has 42 heavy (non-hydrogen) atoms. The van der Waals surface area contributed by atoms with Crippen molar-refractivity contribution in [1.29, 1.82) is 0 Å². The number of hydrogen-bond acceptors (Lipinski definition) is 4. The molecule has 5 nitrogen and oxygen atoms in total. The number of rotatable bonds is 9. The summed E-state index contributed by atoms with van der Waals surface area (Å²) in [6.07, 6.45) is -9.02. The van der Waals surface area contributed by atoms with Crippen molar-refractivity contribution in [3.63, 3.8) is 0 Å². The zero-order chi connectivity index (χ0) is 30.6. The molecule has 2 atom stereocenters. The summed E-state index contributed by atoms with van der Waals surface area (Å²) in [5.41, 5.74) is -4.54. The molecule has 11 heteroatoms. The third-order valence-electron chi connectivity index (χ3n) is 6.75. The van der Waals surface area contributed by atoms with E-state index in [9.17, 15) is 31.1 Å². The first-order valence-electron chi connectivity index (χ1n) is 12.6. The smallest absolute Gasteiger partial charge is 0.406 e. The third kappa shape index (κ3) is 6.25. The summed E-state index contributed by atoms with van der Waals surface area (Å²) in [5, 5.41) is 2.53. The minimum absolute atomic E-state index is 0.00181. The van der Waals surface area contributed by atoms with Gasteiger partial charge in [-0.25, -0.2) is 0 Å². The predicted octanol–water partition coefficient (Wildman–Crippen LogP) is 7.00. The Morgan fingerprint density at radius 2 is 1.43 bits per heavy atom. The molecule has 1 heterocycles. The second-order valence-electron chi connectivity index (χ2n) is 9.57. The van der Waals surface area contributed by atoms with Crippen LogP contribution in [-0.2, 0) is 27.1 Å². The number of alkyl halides is 6. The second-order valence-corrected chi connectivity index (χ2v) is 9.57. The first-order chi connectivity index (χ1) is 19.8. The van der Waals surface area contributed by atoms with E-state index in [1.54, 1.807) is 43.3 Å². The van der Waals surface area contributed by atoms with E-state index in [0.29, 0.717) is 11.1 Å². The average Bonchev–Trinajstić information content (AvgIpc) is 2.93. The van der Waals surface area contributed by atoms with Crippen molar-refractivity contribution in [3.05, 3.63) is 131 Å². The second kappa shape index (κ2) is 11.8. The highest BCUT2D eigenvalue weighted by Crippen LogP contribution is 2.44. The zero-order valence-electron chi connectivity index (χ0n) is 22.5. The molecule has 0 radical (unpaired) electrons. The molecule has 4 rings (SSSR count). The first kappa shape index (κ1) is 30.6. The summed E-state index contributed by atoms with van der Waals surface area (Å²) in [6.45, 7) is 1.74. The van der Waals surface area contributed by atoms with Crippen LogP contribution in [0.1, 0.15) is 27.9 Å². The van der Waals surface area contributed by atoms with Gasteiger partial charge in [-0.05, 0) is 41.8 Å². The van der Waals surface area contributed by atoms with Crippen molar-refractivity contribution < 1.29 is 40.6 Å². The van der Waals surface area contributed by atoms with Gasteiger partial charge in [-0.2, -0.15) is 13.2 Å². The molecule has 0 saturated heterocycles. The van der Waals surface area contributed by atoms with Gasteiger partial charge in [0.25, 0.3) is 11.5 Å². The van der Waals surface area contributed by atoms with Crippen molar-refractivity contribution in [2.45, 2.75) is 37.0 Å². The fourth-order valence-electron chi connectivity index (χ4n) is 4.81. The van der Waals surface area contributed by atoms with E-state index < -0.39 is 40.9 Å². The molecule has 0 aliphatic heterocycles. The number of carbonyl (C=O) groups excluding carboxylic acids is 1. The van der Waals surface area contributed by atoms with Crippen molar-refractivity contribution in [2.24, 2.45) is 0 Å². The first-order valence-corrected chi connectivity index (χ1v) is 12.6. The van der Waals surface area contributed by atoms with Crippen molar-refractivity contribution in [3.8, 4) is 5.75 Å². The molecular weight excluding hydrogens is 562 g/mol. The number of pyridine rings is 1. The molecule has 0 saturated carbocycles. The van der Waals surface area contributed by atoms with Gasteiger partial charge in [0, 0.05) is 25.3 Å². The minimum atomic E-state index is -5.24. The maximum absolute atomic E-state index is 14.9. The number of nitrogens with zero attached hydrogens (tertiary/aromatic N) is 1. The summed E-state index contributed by atoms with van der Waals surface area (Å²) >= 11 is 0. The number of ether oxygens (including phenoxy) is 2. The minimum Gasteiger partial charge on any atom is -0.406 e. The Bertz CT molecular complexity index is 1500. The largest absolute Gasteiger partial charge is 0.573 e. The van der Waals surface area contributed by atoms with Crippen LogP contribution in [0.15, 0.2) is 103 Å². The molecule has 4 aromatic rings. The monoisotopic (exact) mass is 588 g/mol. The van der Waals surface area contributed by atoms with Crippen LogP contribution < -0.4 is 10.1 Å². The van der Waals surface area contributed by atoms with E-state index in [1.807, 2.05) is 0 Å². The molecule has 0 fully saturated rings. The number of halogens is 6. The quantitative estimate of drug-likeness (QED) is 0.214. The molecule has 0 aliphatic carbocycles. The molecule has 1 amide bonds. The van der Waals surface area contributed by atoms with Crippen LogP contribution in [0.2, 0.25) is 0 Å².